The fourth-order valence-electron chi connectivity index (χ4n) is 3.48. The smallest absolute Gasteiger partial charge is 0.237 e. The highest BCUT2D eigenvalue weighted by Crippen LogP contribution is 2.20. The minimum Gasteiger partial charge on any atom is -0.369 e. The lowest BCUT2D eigenvalue weighted by molar-refractivity contribution is -0.128. The van der Waals surface area contributed by atoms with E-state index in [-0.39, 0.29) is 23.8 Å². The third-order valence-corrected chi connectivity index (χ3v) is 5.06. The lowest BCUT2D eigenvalue weighted by Crippen LogP contribution is -2.51. The van der Waals surface area contributed by atoms with Crippen LogP contribution in [0.4, 0.5) is 0 Å². The second kappa shape index (κ2) is 7.78. The largest absolute Gasteiger partial charge is 0.369 e. The highest BCUT2D eigenvalue weighted by molar-refractivity contribution is 5.81. The van der Waals surface area contributed by atoms with Gasteiger partial charge in [0.25, 0.3) is 0 Å². The standard InChI is InChI=1S/C16H29N3O2/c1-12(19-10-8-13(9-11-19)15(17)20)16(21)18-14-6-4-2-3-5-7-14/h12-14H,2-11H2,1H3,(H2,17,20)(H,18,21)/t12-/m1/s1. The van der Waals surface area contributed by atoms with E-state index >= 15 is 0 Å². The number of hydrogen-bond acceptors (Lipinski definition) is 3. The number of piperidine rings is 1. The molecule has 2 amide bonds. The molecule has 1 aliphatic heterocycles. The Morgan fingerprint density at radius 1 is 1.05 bits per heavy atom. The fourth-order valence-corrected chi connectivity index (χ4v) is 3.48. The van der Waals surface area contributed by atoms with Crippen molar-refractivity contribution >= 4 is 11.8 Å². The van der Waals surface area contributed by atoms with Crippen molar-refractivity contribution in [2.75, 3.05) is 13.1 Å². The van der Waals surface area contributed by atoms with Gasteiger partial charge in [-0.15, -0.1) is 0 Å². The van der Waals surface area contributed by atoms with E-state index in [1.165, 1.54) is 25.7 Å². The number of carbonyl (C=O) groups is 2. The van der Waals surface area contributed by atoms with Gasteiger partial charge in [0.05, 0.1) is 6.04 Å². The van der Waals surface area contributed by atoms with Crippen molar-refractivity contribution in [2.45, 2.75) is 70.4 Å². The topological polar surface area (TPSA) is 75.4 Å². The summed E-state index contributed by atoms with van der Waals surface area (Å²) in [5.74, 6) is -0.0806. The van der Waals surface area contributed by atoms with Gasteiger partial charge in [0.15, 0.2) is 0 Å². The molecule has 2 aliphatic rings. The van der Waals surface area contributed by atoms with Crippen molar-refractivity contribution in [3.63, 3.8) is 0 Å². The van der Waals surface area contributed by atoms with Gasteiger partial charge in [0, 0.05) is 12.0 Å². The van der Waals surface area contributed by atoms with Crippen molar-refractivity contribution in [3.05, 3.63) is 0 Å². The summed E-state index contributed by atoms with van der Waals surface area (Å²) in [6.45, 7) is 3.54. The number of primary amides is 1. The number of nitrogens with one attached hydrogen (secondary N) is 1. The first-order chi connectivity index (χ1) is 10.1. The van der Waals surface area contributed by atoms with Gasteiger partial charge in [-0.3, -0.25) is 14.5 Å². The van der Waals surface area contributed by atoms with Gasteiger partial charge >= 0.3 is 0 Å². The van der Waals surface area contributed by atoms with Crippen LogP contribution in [0, 0.1) is 5.92 Å². The van der Waals surface area contributed by atoms with E-state index < -0.39 is 0 Å². The van der Waals surface area contributed by atoms with Gasteiger partial charge < -0.3 is 11.1 Å². The second-order valence-corrected chi connectivity index (χ2v) is 6.59. The summed E-state index contributed by atoms with van der Waals surface area (Å²) in [7, 11) is 0. The van der Waals surface area contributed by atoms with Gasteiger partial charge in [-0.05, 0) is 45.7 Å². The number of likely N-dealkylation sites (tertiary alicyclic amines) is 1. The molecule has 1 saturated carbocycles. The molecule has 2 fully saturated rings. The molecule has 21 heavy (non-hydrogen) atoms. The minimum absolute atomic E-state index is 0.0154. The molecular weight excluding hydrogens is 266 g/mol. The Morgan fingerprint density at radius 3 is 2.14 bits per heavy atom. The number of hydrogen-bond donors (Lipinski definition) is 2. The Hall–Kier alpha value is -1.10. The van der Waals surface area contributed by atoms with E-state index in [0.717, 1.165) is 38.8 Å². The first-order valence-corrected chi connectivity index (χ1v) is 8.41. The Balaban J connectivity index is 1.78. The summed E-state index contributed by atoms with van der Waals surface area (Å²) < 4.78 is 0. The molecule has 1 aliphatic carbocycles. The van der Waals surface area contributed by atoms with E-state index in [1.807, 2.05) is 6.92 Å². The Bertz CT molecular complexity index is 357. The summed E-state index contributed by atoms with van der Waals surface area (Å²) in [4.78, 5) is 25.8. The van der Waals surface area contributed by atoms with Crippen LogP contribution in [0.3, 0.4) is 0 Å². The molecule has 0 spiro atoms. The fraction of sp³-hybridized carbons (Fsp3) is 0.875. The van der Waals surface area contributed by atoms with Crippen LogP contribution >= 0.6 is 0 Å². The molecule has 1 saturated heterocycles. The molecular formula is C16H29N3O2. The van der Waals surface area contributed by atoms with Gasteiger partial charge in [0.2, 0.25) is 11.8 Å². The first kappa shape index (κ1) is 16.3. The molecule has 2 rings (SSSR count). The van der Waals surface area contributed by atoms with Crippen molar-refractivity contribution in [2.24, 2.45) is 11.7 Å². The molecule has 0 aromatic heterocycles. The molecule has 5 heteroatoms. The quantitative estimate of drug-likeness (QED) is 0.770. The molecule has 0 aromatic carbocycles. The molecule has 0 radical (unpaired) electrons. The van der Waals surface area contributed by atoms with Crippen molar-refractivity contribution in [1.29, 1.82) is 0 Å². The van der Waals surface area contributed by atoms with Gasteiger partial charge in [-0.1, -0.05) is 25.7 Å². The maximum absolute atomic E-state index is 12.4. The van der Waals surface area contributed by atoms with E-state index in [9.17, 15) is 9.59 Å². The van der Waals surface area contributed by atoms with Gasteiger partial charge in [-0.2, -0.15) is 0 Å². The van der Waals surface area contributed by atoms with E-state index in [1.54, 1.807) is 0 Å². The summed E-state index contributed by atoms with van der Waals surface area (Å²) in [5.41, 5.74) is 5.35. The molecule has 1 atom stereocenters. The van der Waals surface area contributed by atoms with Crippen LogP contribution in [-0.2, 0) is 9.59 Å². The first-order valence-electron chi connectivity index (χ1n) is 8.41. The van der Waals surface area contributed by atoms with E-state index in [4.69, 9.17) is 5.73 Å². The van der Waals surface area contributed by atoms with Crippen molar-refractivity contribution in [3.8, 4) is 0 Å². The van der Waals surface area contributed by atoms with Crippen molar-refractivity contribution in [1.82, 2.24) is 10.2 Å². The number of amides is 2. The van der Waals surface area contributed by atoms with Gasteiger partial charge in [0.1, 0.15) is 0 Å². The molecule has 0 aromatic rings. The average Bonchev–Trinajstić information content (AvgIpc) is 2.75. The highest BCUT2D eigenvalue weighted by Gasteiger charge is 2.29. The lowest BCUT2D eigenvalue weighted by atomic mass is 9.95. The van der Waals surface area contributed by atoms with Crippen molar-refractivity contribution < 1.29 is 9.59 Å². The van der Waals surface area contributed by atoms with Crippen LogP contribution in [0.5, 0.6) is 0 Å². The van der Waals surface area contributed by atoms with Crippen LogP contribution in [0.1, 0.15) is 58.3 Å². The maximum Gasteiger partial charge on any atom is 0.237 e. The third-order valence-electron chi connectivity index (χ3n) is 5.06. The Morgan fingerprint density at radius 2 is 1.62 bits per heavy atom. The molecule has 3 N–H and O–H groups in total. The third kappa shape index (κ3) is 4.70. The number of nitrogens with two attached hydrogens (primary N) is 1. The minimum atomic E-state index is -0.204. The van der Waals surface area contributed by atoms with Crippen LogP contribution in [0.25, 0.3) is 0 Å². The molecule has 5 nitrogen and oxygen atoms in total. The SMILES string of the molecule is C[C@H](C(=O)NC1CCCCCC1)N1CCC(C(N)=O)CC1. The Kier molecular flexibility index (Phi) is 6.03. The number of carbonyl (C=O) groups excluding carboxylic acids is 2. The average molecular weight is 295 g/mol. The number of nitrogens with zero attached hydrogens (tertiary/aromatic N) is 1. The summed E-state index contributed by atoms with van der Waals surface area (Å²) in [6, 6.07) is 0.243. The van der Waals surface area contributed by atoms with Gasteiger partial charge in [-0.25, -0.2) is 0 Å². The van der Waals surface area contributed by atoms with E-state index in [0.29, 0.717) is 6.04 Å². The predicted octanol–water partition coefficient (Wildman–Crippen LogP) is 1.41. The lowest BCUT2D eigenvalue weighted by Gasteiger charge is -2.34. The summed E-state index contributed by atoms with van der Waals surface area (Å²) in [5, 5.41) is 3.22. The maximum atomic E-state index is 12.4. The van der Waals surface area contributed by atoms with Crippen LogP contribution in [0.2, 0.25) is 0 Å². The predicted molar refractivity (Wildman–Crippen MR) is 82.6 cm³/mol. The molecule has 120 valence electrons. The molecule has 1 heterocycles. The van der Waals surface area contributed by atoms with Crippen LogP contribution < -0.4 is 11.1 Å². The summed E-state index contributed by atoms with van der Waals surface area (Å²) >= 11 is 0. The van der Waals surface area contributed by atoms with Crippen LogP contribution in [-0.4, -0.2) is 41.9 Å². The monoisotopic (exact) mass is 295 g/mol. The zero-order valence-corrected chi connectivity index (χ0v) is 13.1. The summed E-state index contributed by atoms with van der Waals surface area (Å²) in [6.07, 6.45) is 8.81. The molecule has 0 bridgehead atoms. The normalized spacial score (nSPS) is 24.2. The highest BCUT2D eigenvalue weighted by atomic mass is 16.2. The number of rotatable bonds is 4. The van der Waals surface area contributed by atoms with E-state index in [2.05, 4.69) is 10.2 Å². The molecule has 0 unspecified atom stereocenters. The van der Waals surface area contributed by atoms with Crippen LogP contribution in [0.15, 0.2) is 0 Å². The second-order valence-electron chi connectivity index (χ2n) is 6.59. The zero-order valence-electron chi connectivity index (χ0n) is 13.1. The Labute approximate surface area is 127 Å². The zero-order chi connectivity index (χ0) is 15.2.